The van der Waals surface area contributed by atoms with Crippen molar-refractivity contribution in [3.8, 4) is 0 Å². The second-order valence-electron chi connectivity index (χ2n) is 6.42. The molecule has 0 radical (unpaired) electrons. The highest BCUT2D eigenvalue weighted by molar-refractivity contribution is 5.91. The predicted molar refractivity (Wildman–Crippen MR) is 98.9 cm³/mol. The van der Waals surface area contributed by atoms with Crippen LogP contribution < -0.4 is 0 Å². The average molecular weight is 348 g/mol. The van der Waals surface area contributed by atoms with Crippen molar-refractivity contribution in [3.05, 3.63) is 76.9 Å². The summed E-state index contributed by atoms with van der Waals surface area (Å²) in [4.78, 5) is 19.1. The molecule has 4 nitrogen and oxygen atoms in total. The van der Waals surface area contributed by atoms with Crippen LogP contribution in [0.3, 0.4) is 0 Å². The van der Waals surface area contributed by atoms with E-state index in [-0.39, 0.29) is 12.0 Å². The number of fused-ring (bicyclic) bond motifs is 2. The van der Waals surface area contributed by atoms with Crippen molar-refractivity contribution >= 4 is 27.8 Å². The zero-order chi connectivity index (χ0) is 18.3. The summed E-state index contributed by atoms with van der Waals surface area (Å²) >= 11 is 0. The number of hydrogen-bond donors (Lipinski definition) is 2. The van der Waals surface area contributed by atoms with Crippen molar-refractivity contribution in [1.29, 1.82) is 0 Å². The van der Waals surface area contributed by atoms with Crippen LogP contribution in [0.2, 0.25) is 0 Å². The fraction of sp³-hybridized carbons (Fsp3) is 0.143. The Balaban J connectivity index is 1.85. The number of aromatic amines is 1. The van der Waals surface area contributed by atoms with Gasteiger partial charge in [-0.25, -0.2) is 4.39 Å². The number of H-pyrrole nitrogens is 1. The number of para-hydroxylation sites is 1. The number of carboxylic acids is 1. The summed E-state index contributed by atoms with van der Waals surface area (Å²) in [5, 5.41) is 10.9. The molecule has 0 aliphatic heterocycles. The normalized spacial score (nSPS) is 11.3. The molecule has 0 saturated carbocycles. The molecule has 26 heavy (non-hydrogen) atoms. The van der Waals surface area contributed by atoms with Gasteiger partial charge in [-0.2, -0.15) is 0 Å². The Bertz CT molecular complexity index is 1150. The summed E-state index contributed by atoms with van der Waals surface area (Å²) in [7, 11) is 0. The molecule has 5 heteroatoms. The SMILES string of the molecule is Cc1[nH]c2ccc(F)c(CC(=O)O)c2c1Cc1ccc2ccccc2n1. The van der Waals surface area contributed by atoms with E-state index in [1.165, 1.54) is 6.07 Å². The largest absolute Gasteiger partial charge is 0.481 e. The first-order chi connectivity index (χ1) is 12.5. The number of pyridine rings is 1. The number of carboxylic acid groups (broad SMARTS) is 1. The molecule has 2 heterocycles. The average Bonchev–Trinajstić information content (AvgIpc) is 2.93. The number of halogens is 1. The van der Waals surface area contributed by atoms with Crippen molar-refractivity contribution in [2.24, 2.45) is 0 Å². The lowest BCUT2D eigenvalue weighted by Crippen LogP contribution is -2.04. The number of aromatic nitrogens is 2. The Morgan fingerprint density at radius 3 is 2.73 bits per heavy atom. The quantitative estimate of drug-likeness (QED) is 0.575. The van der Waals surface area contributed by atoms with E-state index in [0.717, 1.165) is 33.4 Å². The number of carbonyl (C=O) groups is 1. The lowest BCUT2D eigenvalue weighted by molar-refractivity contribution is -0.136. The van der Waals surface area contributed by atoms with Crippen LogP contribution in [-0.4, -0.2) is 21.0 Å². The van der Waals surface area contributed by atoms with Gasteiger partial charge in [-0.05, 0) is 36.8 Å². The van der Waals surface area contributed by atoms with Gasteiger partial charge < -0.3 is 10.1 Å². The van der Waals surface area contributed by atoms with E-state index in [1.807, 2.05) is 43.3 Å². The minimum Gasteiger partial charge on any atom is -0.481 e. The third-order valence-electron chi connectivity index (χ3n) is 4.67. The first-order valence-electron chi connectivity index (χ1n) is 8.38. The topological polar surface area (TPSA) is 66.0 Å². The predicted octanol–water partition coefficient (Wildman–Crippen LogP) is 4.38. The van der Waals surface area contributed by atoms with Crippen molar-refractivity contribution in [3.63, 3.8) is 0 Å². The second kappa shape index (κ2) is 6.26. The van der Waals surface area contributed by atoms with Crippen LogP contribution in [0.25, 0.3) is 21.8 Å². The Labute approximate surface area is 149 Å². The van der Waals surface area contributed by atoms with Gasteiger partial charge in [0.05, 0.1) is 11.9 Å². The summed E-state index contributed by atoms with van der Waals surface area (Å²) in [5.74, 6) is -1.54. The van der Waals surface area contributed by atoms with Gasteiger partial charge >= 0.3 is 5.97 Å². The van der Waals surface area contributed by atoms with Gasteiger partial charge in [0, 0.05) is 39.7 Å². The first-order valence-corrected chi connectivity index (χ1v) is 8.38. The Hall–Kier alpha value is -3.21. The zero-order valence-electron chi connectivity index (χ0n) is 14.2. The molecule has 2 N–H and O–H groups in total. The van der Waals surface area contributed by atoms with Gasteiger partial charge in [0.2, 0.25) is 0 Å². The molecule has 0 amide bonds. The third kappa shape index (κ3) is 2.81. The minimum atomic E-state index is -1.05. The molecule has 0 atom stereocenters. The van der Waals surface area contributed by atoms with Gasteiger partial charge in [-0.15, -0.1) is 0 Å². The van der Waals surface area contributed by atoms with Gasteiger partial charge in [0.25, 0.3) is 0 Å². The standard InChI is InChI=1S/C21H17FN2O2/c1-12-15(10-14-7-6-13-4-2-3-5-18(13)24-14)21-16(11-20(25)26)17(22)8-9-19(21)23-12/h2-9,23H,10-11H2,1H3,(H,25,26). The van der Waals surface area contributed by atoms with E-state index in [4.69, 9.17) is 5.11 Å². The summed E-state index contributed by atoms with van der Waals surface area (Å²) in [6.45, 7) is 1.92. The molecule has 0 fully saturated rings. The van der Waals surface area contributed by atoms with Gasteiger partial charge in [0.15, 0.2) is 0 Å². The molecule has 2 aromatic heterocycles. The summed E-state index contributed by atoms with van der Waals surface area (Å²) < 4.78 is 14.3. The van der Waals surface area contributed by atoms with Crippen molar-refractivity contribution in [2.45, 2.75) is 19.8 Å². The molecule has 4 rings (SSSR count). The first kappa shape index (κ1) is 16.3. The lowest BCUT2D eigenvalue weighted by atomic mass is 9.98. The van der Waals surface area contributed by atoms with Crippen molar-refractivity contribution < 1.29 is 14.3 Å². The van der Waals surface area contributed by atoms with Gasteiger partial charge in [-0.1, -0.05) is 24.3 Å². The van der Waals surface area contributed by atoms with E-state index < -0.39 is 11.8 Å². The maximum Gasteiger partial charge on any atom is 0.307 e. The second-order valence-corrected chi connectivity index (χ2v) is 6.42. The fourth-order valence-corrected chi connectivity index (χ4v) is 3.47. The van der Waals surface area contributed by atoms with E-state index in [1.54, 1.807) is 6.07 Å². The van der Waals surface area contributed by atoms with Crippen LogP contribution in [0.5, 0.6) is 0 Å². The van der Waals surface area contributed by atoms with Gasteiger partial charge in [-0.3, -0.25) is 9.78 Å². The molecule has 0 aliphatic carbocycles. The van der Waals surface area contributed by atoms with Crippen LogP contribution in [0.1, 0.15) is 22.5 Å². The maximum absolute atomic E-state index is 14.3. The van der Waals surface area contributed by atoms with Crippen molar-refractivity contribution in [1.82, 2.24) is 9.97 Å². The molecule has 0 aliphatic rings. The minimum absolute atomic E-state index is 0.218. The summed E-state index contributed by atoms with van der Waals surface area (Å²) in [5.41, 5.74) is 4.51. The molecule has 2 aromatic carbocycles. The Morgan fingerprint density at radius 1 is 1.12 bits per heavy atom. The van der Waals surface area contributed by atoms with Crippen molar-refractivity contribution in [2.75, 3.05) is 0 Å². The van der Waals surface area contributed by atoms with E-state index in [0.29, 0.717) is 11.8 Å². The molecule has 0 spiro atoms. The van der Waals surface area contributed by atoms with E-state index >= 15 is 0 Å². The number of nitrogens with zero attached hydrogens (tertiary/aromatic N) is 1. The third-order valence-corrected chi connectivity index (χ3v) is 4.67. The molecular formula is C21H17FN2O2. The number of rotatable bonds is 4. The smallest absolute Gasteiger partial charge is 0.307 e. The van der Waals surface area contributed by atoms with E-state index in [9.17, 15) is 9.18 Å². The van der Waals surface area contributed by atoms with E-state index in [2.05, 4.69) is 9.97 Å². The van der Waals surface area contributed by atoms with Crippen LogP contribution >= 0.6 is 0 Å². The Morgan fingerprint density at radius 2 is 1.92 bits per heavy atom. The molecule has 0 unspecified atom stereocenters. The molecule has 0 saturated heterocycles. The maximum atomic E-state index is 14.3. The highest BCUT2D eigenvalue weighted by Crippen LogP contribution is 2.30. The molecule has 4 aromatic rings. The van der Waals surface area contributed by atoms with Crippen LogP contribution in [0.15, 0.2) is 48.5 Å². The number of nitrogens with one attached hydrogen (secondary N) is 1. The number of hydrogen-bond acceptors (Lipinski definition) is 2. The molecule has 130 valence electrons. The highest BCUT2D eigenvalue weighted by atomic mass is 19.1. The fourth-order valence-electron chi connectivity index (χ4n) is 3.47. The molecule has 0 bridgehead atoms. The summed E-state index contributed by atoms with van der Waals surface area (Å²) in [6, 6.07) is 14.8. The van der Waals surface area contributed by atoms with Crippen LogP contribution in [0.4, 0.5) is 4.39 Å². The Kier molecular flexibility index (Phi) is 3.92. The summed E-state index contributed by atoms with van der Waals surface area (Å²) in [6.07, 6.45) is 0.158. The highest BCUT2D eigenvalue weighted by Gasteiger charge is 2.18. The van der Waals surface area contributed by atoms with Crippen LogP contribution in [0, 0.1) is 12.7 Å². The van der Waals surface area contributed by atoms with Gasteiger partial charge in [0.1, 0.15) is 5.82 Å². The number of aryl methyl sites for hydroxylation is 1. The zero-order valence-corrected chi connectivity index (χ0v) is 14.2. The lowest BCUT2D eigenvalue weighted by Gasteiger charge is -2.07. The monoisotopic (exact) mass is 348 g/mol. The number of aliphatic carboxylic acids is 1. The number of benzene rings is 2. The molecular weight excluding hydrogens is 331 g/mol. The van der Waals surface area contributed by atoms with Crippen LogP contribution in [-0.2, 0) is 17.6 Å².